The second kappa shape index (κ2) is 4.31. The minimum absolute atomic E-state index is 0.0873. The molecule has 23 heavy (non-hydrogen) atoms. The highest BCUT2D eigenvalue weighted by molar-refractivity contribution is 7.82. The molecule has 8 unspecified atom stereocenters. The fourth-order valence-corrected chi connectivity index (χ4v) is 10.2. The average Bonchev–Trinajstić information content (AvgIpc) is 3.26. The van der Waals surface area contributed by atoms with Gasteiger partial charge in [0.2, 0.25) is 0 Å². The molecular formula is C20H30OS2. The molecule has 0 saturated heterocycles. The van der Waals surface area contributed by atoms with Crippen molar-refractivity contribution >= 4 is 25.3 Å². The van der Waals surface area contributed by atoms with Crippen LogP contribution in [0.5, 0.6) is 0 Å². The van der Waals surface area contributed by atoms with Crippen molar-refractivity contribution in [2.75, 3.05) is 0 Å². The lowest BCUT2D eigenvalue weighted by molar-refractivity contribution is -0.176. The Morgan fingerprint density at radius 1 is 0.652 bits per heavy atom. The molecule has 0 N–H and O–H groups in total. The van der Waals surface area contributed by atoms with Gasteiger partial charge in [-0.2, -0.15) is 25.3 Å². The maximum absolute atomic E-state index is 7.41. The predicted molar refractivity (Wildman–Crippen MR) is 99.3 cm³/mol. The topological polar surface area (TPSA) is 9.23 Å². The molecule has 6 aliphatic carbocycles. The maximum atomic E-state index is 7.41. The van der Waals surface area contributed by atoms with Crippen LogP contribution in [-0.2, 0) is 4.74 Å². The van der Waals surface area contributed by atoms with E-state index in [1.807, 2.05) is 0 Å². The average molecular weight is 351 g/mol. The highest BCUT2D eigenvalue weighted by Gasteiger charge is 2.74. The molecule has 1 nitrogen and oxygen atoms in total. The molecule has 6 saturated carbocycles. The van der Waals surface area contributed by atoms with E-state index in [9.17, 15) is 0 Å². The Hall–Kier alpha value is 0.660. The number of ether oxygens (including phenoxy) is 1. The molecule has 0 heterocycles. The van der Waals surface area contributed by atoms with Crippen molar-refractivity contribution in [3.8, 4) is 0 Å². The molecular weight excluding hydrogens is 320 g/mol. The van der Waals surface area contributed by atoms with E-state index in [1.54, 1.807) is 0 Å². The van der Waals surface area contributed by atoms with E-state index >= 15 is 0 Å². The summed E-state index contributed by atoms with van der Waals surface area (Å²) < 4.78 is 7.78. The third-order valence-electron chi connectivity index (χ3n) is 9.50. The molecule has 0 amide bonds. The fourth-order valence-electron chi connectivity index (χ4n) is 8.72. The van der Waals surface area contributed by atoms with Gasteiger partial charge in [0, 0.05) is 9.49 Å². The van der Waals surface area contributed by atoms with Crippen molar-refractivity contribution in [2.45, 2.75) is 97.7 Å². The summed E-state index contributed by atoms with van der Waals surface area (Å²) >= 11 is 10.7. The lowest BCUT2D eigenvalue weighted by Crippen LogP contribution is -2.60. The lowest BCUT2D eigenvalue weighted by Gasteiger charge is -2.53. The zero-order valence-electron chi connectivity index (χ0n) is 14.1. The van der Waals surface area contributed by atoms with Gasteiger partial charge in [0.25, 0.3) is 0 Å². The minimum Gasteiger partial charge on any atom is -0.366 e. The summed E-state index contributed by atoms with van der Waals surface area (Å²) in [5, 5.41) is 0. The number of thiol groups is 2. The molecule has 4 bridgehead atoms. The van der Waals surface area contributed by atoms with Gasteiger partial charge in [-0.25, -0.2) is 0 Å². The summed E-state index contributed by atoms with van der Waals surface area (Å²) in [6.45, 7) is 0. The van der Waals surface area contributed by atoms with Gasteiger partial charge in [0.1, 0.15) is 0 Å². The maximum Gasteiger partial charge on any atom is 0.0839 e. The fraction of sp³-hybridized carbons (Fsp3) is 1.00. The van der Waals surface area contributed by atoms with E-state index in [1.165, 1.54) is 77.0 Å². The molecule has 0 aromatic carbocycles. The van der Waals surface area contributed by atoms with E-state index < -0.39 is 0 Å². The number of rotatable bonds is 2. The Morgan fingerprint density at radius 3 is 1.61 bits per heavy atom. The van der Waals surface area contributed by atoms with Crippen molar-refractivity contribution in [3.05, 3.63) is 0 Å². The Bertz CT molecular complexity index is 518. The van der Waals surface area contributed by atoms with Gasteiger partial charge in [-0.15, -0.1) is 0 Å². The normalized spacial score (nSPS) is 65.5. The number of hydrogen-bond acceptors (Lipinski definition) is 3. The van der Waals surface area contributed by atoms with Gasteiger partial charge in [0.05, 0.1) is 11.2 Å². The van der Waals surface area contributed by atoms with Gasteiger partial charge in [0.15, 0.2) is 0 Å². The third-order valence-corrected chi connectivity index (χ3v) is 11.4. The first kappa shape index (κ1) is 14.8. The van der Waals surface area contributed by atoms with Crippen LogP contribution in [-0.4, -0.2) is 20.7 Å². The van der Waals surface area contributed by atoms with Crippen molar-refractivity contribution in [1.82, 2.24) is 0 Å². The molecule has 0 aromatic rings. The summed E-state index contributed by atoms with van der Waals surface area (Å²) in [7, 11) is 0. The smallest absolute Gasteiger partial charge is 0.0839 e. The van der Waals surface area contributed by atoms with Gasteiger partial charge in [-0.1, -0.05) is 12.8 Å². The molecule has 0 spiro atoms. The van der Waals surface area contributed by atoms with Crippen molar-refractivity contribution < 1.29 is 4.74 Å². The summed E-state index contributed by atoms with van der Waals surface area (Å²) in [5.74, 6) is 3.48. The van der Waals surface area contributed by atoms with Crippen LogP contribution >= 0.6 is 25.3 Å². The first-order valence-corrected chi connectivity index (χ1v) is 11.1. The number of fused-ring (bicyclic) bond motifs is 10. The predicted octanol–water partition coefficient (Wildman–Crippen LogP) is 5.05. The monoisotopic (exact) mass is 350 g/mol. The molecule has 0 radical (unpaired) electrons. The van der Waals surface area contributed by atoms with Crippen molar-refractivity contribution in [3.63, 3.8) is 0 Å². The van der Waals surface area contributed by atoms with Crippen LogP contribution in [0.2, 0.25) is 0 Å². The van der Waals surface area contributed by atoms with E-state index in [2.05, 4.69) is 0 Å². The van der Waals surface area contributed by atoms with E-state index in [4.69, 9.17) is 30.0 Å². The van der Waals surface area contributed by atoms with Crippen LogP contribution < -0.4 is 0 Å². The van der Waals surface area contributed by atoms with Crippen LogP contribution in [0.1, 0.15) is 77.0 Å². The zero-order chi connectivity index (χ0) is 15.5. The van der Waals surface area contributed by atoms with Crippen LogP contribution in [0.3, 0.4) is 0 Å². The largest absolute Gasteiger partial charge is 0.366 e. The van der Waals surface area contributed by atoms with Crippen molar-refractivity contribution in [1.29, 1.82) is 0 Å². The van der Waals surface area contributed by atoms with E-state index in [-0.39, 0.29) is 20.7 Å². The van der Waals surface area contributed by atoms with Crippen molar-refractivity contribution in [2.24, 2.45) is 23.7 Å². The van der Waals surface area contributed by atoms with E-state index in [0.29, 0.717) is 0 Å². The molecule has 6 rings (SSSR count). The molecule has 0 aliphatic heterocycles. The highest BCUT2D eigenvalue weighted by Crippen LogP contribution is 2.73. The van der Waals surface area contributed by atoms with Crippen LogP contribution in [0.25, 0.3) is 0 Å². The first-order valence-electron chi connectivity index (χ1n) is 10.2. The summed E-state index contributed by atoms with van der Waals surface area (Å²) in [6.07, 6.45) is 16.1. The Morgan fingerprint density at radius 2 is 1.13 bits per heavy atom. The van der Waals surface area contributed by atoms with Crippen LogP contribution in [0, 0.1) is 23.7 Å². The molecule has 6 aliphatic rings. The minimum atomic E-state index is 0.0873. The molecule has 6 fully saturated rings. The van der Waals surface area contributed by atoms with Gasteiger partial charge < -0.3 is 4.74 Å². The molecule has 3 heteroatoms. The highest BCUT2D eigenvalue weighted by atomic mass is 32.1. The van der Waals surface area contributed by atoms with Crippen LogP contribution in [0.15, 0.2) is 0 Å². The SMILES string of the molecule is SC12CCCC1C1CCC2(OC23CCC(C2)C2CCCC23S)C1. The van der Waals surface area contributed by atoms with Gasteiger partial charge in [-0.05, 0) is 87.9 Å². The van der Waals surface area contributed by atoms with Gasteiger partial charge >= 0.3 is 0 Å². The quantitative estimate of drug-likeness (QED) is 0.663. The summed E-state index contributed by atoms with van der Waals surface area (Å²) in [4.78, 5) is 0. The Balaban J connectivity index is 1.41. The lowest BCUT2D eigenvalue weighted by atomic mass is 9.75. The van der Waals surface area contributed by atoms with Gasteiger partial charge in [-0.3, -0.25) is 0 Å². The Labute approximate surface area is 151 Å². The second-order valence-electron chi connectivity index (χ2n) is 9.94. The van der Waals surface area contributed by atoms with Crippen LogP contribution in [0.4, 0.5) is 0 Å². The second-order valence-corrected chi connectivity index (χ2v) is 11.5. The molecule has 8 atom stereocenters. The standard InChI is InChI=1S/C20H30OS2/c22-19-7-1-3-15(19)13-5-9-17(19,11-13)21-18-10-6-14(12-18)16-4-2-8-20(16,18)23/h13-16,22-23H,1-12H2. The third kappa shape index (κ3) is 1.49. The zero-order valence-corrected chi connectivity index (χ0v) is 15.9. The molecule has 0 aromatic heterocycles. The first-order chi connectivity index (χ1) is 11.0. The molecule has 128 valence electrons. The summed E-state index contributed by atoms with van der Waals surface area (Å²) in [6, 6.07) is 0. The summed E-state index contributed by atoms with van der Waals surface area (Å²) in [5.41, 5.74) is 0.175. The van der Waals surface area contributed by atoms with E-state index in [0.717, 1.165) is 23.7 Å². The number of hydrogen-bond donors (Lipinski definition) is 2. The Kier molecular flexibility index (Phi) is 2.77.